The summed E-state index contributed by atoms with van der Waals surface area (Å²) < 4.78 is 28.1. The Morgan fingerprint density at radius 2 is 1.88 bits per heavy atom. The largest absolute Gasteiger partial charge is 0.369 e. The fourth-order valence-electron chi connectivity index (χ4n) is 2.61. The van der Waals surface area contributed by atoms with Gasteiger partial charge in [-0.1, -0.05) is 28.1 Å². The number of primary amides is 1. The van der Waals surface area contributed by atoms with Gasteiger partial charge in [0.25, 0.3) is 10.0 Å². The van der Waals surface area contributed by atoms with E-state index in [2.05, 4.69) is 20.9 Å². The average Bonchev–Trinajstić information content (AvgIpc) is 3.06. The molecule has 2 heterocycles. The molecular formula is C15H16BrN3O3S2. The molecule has 24 heavy (non-hydrogen) atoms. The molecule has 1 aromatic heterocycles. The third-order valence-corrected chi connectivity index (χ3v) is 7.94. The fourth-order valence-corrected chi connectivity index (χ4v) is 5.64. The van der Waals surface area contributed by atoms with Crippen LogP contribution in [0.25, 0.3) is 10.6 Å². The van der Waals surface area contributed by atoms with E-state index in [4.69, 9.17) is 5.73 Å². The van der Waals surface area contributed by atoms with Crippen LogP contribution >= 0.6 is 27.3 Å². The molecule has 0 aliphatic carbocycles. The number of aromatic nitrogens is 1. The van der Waals surface area contributed by atoms with E-state index in [-0.39, 0.29) is 16.0 Å². The Hall–Kier alpha value is -1.29. The number of halogens is 1. The van der Waals surface area contributed by atoms with Gasteiger partial charge < -0.3 is 5.73 Å². The van der Waals surface area contributed by atoms with Crippen LogP contribution in [-0.4, -0.2) is 36.7 Å². The first-order chi connectivity index (χ1) is 11.4. The van der Waals surface area contributed by atoms with E-state index in [0.717, 1.165) is 21.4 Å². The summed E-state index contributed by atoms with van der Waals surface area (Å²) in [4.78, 5) is 15.5. The molecule has 1 aliphatic heterocycles. The van der Waals surface area contributed by atoms with Crippen molar-refractivity contribution in [3.8, 4) is 10.6 Å². The zero-order valence-corrected chi connectivity index (χ0v) is 15.9. The van der Waals surface area contributed by atoms with E-state index in [1.165, 1.54) is 10.5 Å². The number of sulfonamides is 1. The SMILES string of the molecule is NC(=O)C1CCN(S(=O)(=O)c2cnc(-c3ccc(Br)cc3)s2)CC1. The summed E-state index contributed by atoms with van der Waals surface area (Å²) in [7, 11) is -3.58. The van der Waals surface area contributed by atoms with E-state index < -0.39 is 10.0 Å². The maximum Gasteiger partial charge on any atom is 0.254 e. The molecule has 128 valence electrons. The number of piperidine rings is 1. The molecule has 1 saturated heterocycles. The number of benzene rings is 1. The van der Waals surface area contributed by atoms with Gasteiger partial charge in [-0.2, -0.15) is 4.31 Å². The van der Waals surface area contributed by atoms with Crippen LogP contribution in [0.4, 0.5) is 0 Å². The second-order valence-electron chi connectivity index (χ2n) is 5.57. The number of thiazole rings is 1. The van der Waals surface area contributed by atoms with Crippen LogP contribution < -0.4 is 5.73 Å². The van der Waals surface area contributed by atoms with E-state index in [1.807, 2.05) is 24.3 Å². The predicted molar refractivity (Wildman–Crippen MR) is 95.9 cm³/mol. The normalized spacial score (nSPS) is 17.0. The third kappa shape index (κ3) is 3.53. The number of rotatable bonds is 4. The maximum atomic E-state index is 12.7. The topological polar surface area (TPSA) is 93.4 Å². The summed E-state index contributed by atoms with van der Waals surface area (Å²) in [6.07, 6.45) is 2.33. The molecule has 0 spiro atoms. The van der Waals surface area contributed by atoms with Crippen molar-refractivity contribution in [2.24, 2.45) is 11.7 Å². The fraction of sp³-hybridized carbons (Fsp3) is 0.333. The van der Waals surface area contributed by atoms with Gasteiger partial charge in [0.15, 0.2) is 4.21 Å². The monoisotopic (exact) mass is 429 g/mol. The lowest BCUT2D eigenvalue weighted by atomic mass is 9.98. The lowest BCUT2D eigenvalue weighted by Crippen LogP contribution is -2.41. The second-order valence-corrected chi connectivity index (χ2v) is 9.68. The van der Waals surface area contributed by atoms with Gasteiger partial charge in [0.05, 0.1) is 6.20 Å². The molecule has 1 amide bonds. The first kappa shape index (κ1) is 17.5. The summed E-state index contributed by atoms with van der Waals surface area (Å²) in [5.74, 6) is -0.599. The summed E-state index contributed by atoms with van der Waals surface area (Å²) >= 11 is 4.52. The average molecular weight is 430 g/mol. The molecule has 9 heteroatoms. The van der Waals surface area contributed by atoms with Crippen molar-refractivity contribution in [3.05, 3.63) is 34.9 Å². The molecule has 0 atom stereocenters. The Kier molecular flexibility index (Phi) is 5.05. The van der Waals surface area contributed by atoms with Gasteiger partial charge in [0.1, 0.15) is 5.01 Å². The van der Waals surface area contributed by atoms with Gasteiger partial charge in [-0.3, -0.25) is 4.79 Å². The highest BCUT2D eigenvalue weighted by Gasteiger charge is 2.32. The Labute approximate surface area is 152 Å². The number of hydrogen-bond donors (Lipinski definition) is 1. The minimum absolute atomic E-state index is 0.220. The van der Waals surface area contributed by atoms with Crippen molar-refractivity contribution in [2.75, 3.05) is 13.1 Å². The molecule has 0 radical (unpaired) electrons. The lowest BCUT2D eigenvalue weighted by Gasteiger charge is -2.29. The maximum absolute atomic E-state index is 12.7. The van der Waals surface area contributed by atoms with Crippen LogP contribution in [0, 0.1) is 5.92 Å². The predicted octanol–water partition coefficient (Wildman–Crippen LogP) is 2.46. The zero-order chi connectivity index (χ0) is 17.3. The van der Waals surface area contributed by atoms with E-state index in [1.54, 1.807) is 0 Å². The number of nitrogens with two attached hydrogens (primary N) is 1. The summed E-state index contributed by atoms with van der Waals surface area (Å²) in [5, 5.41) is 0.660. The molecular weight excluding hydrogens is 414 g/mol. The number of nitrogens with zero attached hydrogens (tertiary/aromatic N) is 2. The standard InChI is InChI=1S/C15H16BrN3O3S2/c16-12-3-1-11(2-4-12)15-18-9-13(23-15)24(21,22)19-7-5-10(6-8-19)14(17)20/h1-4,9-10H,5-8H2,(H2,17,20). The van der Waals surface area contributed by atoms with Crippen LogP contribution in [0.15, 0.2) is 39.1 Å². The molecule has 0 bridgehead atoms. The van der Waals surface area contributed by atoms with E-state index >= 15 is 0 Å². The highest BCUT2D eigenvalue weighted by Crippen LogP contribution is 2.32. The lowest BCUT2D eigenvalue weighted by molar-refractivity contribution is -0.122. The first-order valence-electron chi connectivity index (χ1n) is 7.39. The van der Waals surface area contributed by atoms with Crippen LogP contribution in [0.2, 0.25) is 0 Å². The number of carbonyl (C=O) groups excluding carboxylic acids is 1. The van der Waals surface area contributed by atoms with Gasteiger partial charge in [0.2, 0.25) is 5.91 Å². The van der Waals surface area contributed by atoms with Gasteiger partial charge in [-0.25, -0.2) is 13.4 Å². The van der Waals surface area contributed by atoms with Crippen LogP contribution in [-0.2, 0) is 14.8 Å². The van der Waals surface area contributed by atoms with Gasteiger partial charge in [0, 0.05) is 29.0 Å². The van der Waals surface area contributed by atoms with Crippen molar-refractivity contribution < 1.29 is 13.2 Å². The van der Waals surface area contributed by atoms with Crippen molar-refractivity contribution in [1.29, 1.82) is 0 Å². The molecule has 2 N–H and O–H groups in total. The summed E-state index contributed by atoms with van der Waals surface area (Å²) in [6.45, 7) is 0.614. The number of carbonyl (C=O) groups is 1. The van der Waals surface area contributed by atoms with Gasteiger partial charge in [-0.15, -0.1) is 11.3 Å². The second kappa shape index (κ2) is 6.91. The third-order valence-electron chi connectivity index (χ3n) is 4.03. The van der Waals surface area contributed by atoms with E-state index in [9.17, 15) is 13.2 Å². The molecule has 0 saturated carbocycles. The summed E-state index contributed by atoms with van der Waals surface area (Å²) in [6, 6.07) is 7.55. The highest BCUT2D eigenvalue weighted by atomic mass is 79.9. The number of amides is 1. The van der Waals surface area contributed by atoms with Crippen molar-refractivity contribution in [3.63, 3.8) is 0 Å². The molecule has 0 unspecified atom stereocenters. The Morgan fingerprint density at radius 1 is 1.25 bits per heavy atom. The van der Waals surface area contributed by atoms with Gasteiger partial charge in [-0.05, 0) is 25.0 Å². The minimum Gasteiger partial charge on any atom is -0.369 e. The van der Waals surface area contributed by atoms with E-state index in [0.29, 0.717) is 30.9 Å². The smallest absolute Gasteiger partial charge is 0.254 e. The van der Waals surface area contributed by atoms with Crippen LogP contribution in [0.1, 0.15) is 12.8 Å². The quantitative estimate of drug-likeness (QED) is 0.807. The molecule has 2 aromatic rings. The molecule has 6 nitrogen and oxygen atoms in total. The summed E-state index contributed by atoms with van der Waals surface area (Å²) in [5.41, 5.74) is 6.17. The Morgan fingerprint density at radius 3 is 2.46 bits per heavy atom. The Bertz CT molecular complexity index is 841. The van der Waals surface area contributed by atoms with Crippen molar-refractivity contribution >= 4 is 43.2 Å². The highest BCUT2D eigenvalue weighted by molar-refractivity contribution is 9.10. The first-order valence-corrected chi connectivity index (χ1v) is 10.4. The van der Waals surface area contributed by atoms with Crippen molar-refractivity contribution in [1.82, 2.24) is 9.29 Å². The zero-order valence-electron chi connectivity index (χ0n) is 12.7. The van der Waals surface area contributed by atoms with Crippen LogP contribution in [0.3, 0.4) is 0 Å². The molecule has 1 aliphatic rings. The van der Waals surface area contributed by atoms with Crippen LogP contribution in [0.5, 0.6) is 0 Å². The molecule has 1 aromatic carbocycles. The molecule has 3 rings (SSSR count). The minimum atomic E-state index is -3.58. The number of hydrogen-bond acceptors (Lipinski definition) is 5. The van der Waals surface area contributed by atoms with Crippen molar-refractivity contribution in [2.45, 2.75) is 17.1 Å². The molecule has 1 fully saturated rings. The van der Waals surface area contributed by atoms with Gasteiger partial charge >= 0.3 is 0 Å². The Balaban J connectivity index is 1.79.